The maximum atomic E-state index is 12.8. The van der Waals surface area contributed by atoms with Gasteiger partial charge < -0.3 is 19.9 Å². The number of nitrogens with zero attached hydrogens (tertiary/aromatic N) is 2. The number of anilines is 2. The van der Waals surface area contributed by atoms with Crippen molar-refractivity contribution in [2.24, 2.45) is 0 Å². The van der Waals surface area contributed by atoms with Crippen LogP contribution in [0.15, 0.2) is 28.8 Å². The minimum absolute atomic E-state index is 0.0116. The Bertz CT molecular complexity index is 975. The molecule has 0 spiro atoms. The van der Waals surface area contributed by atoms with Crippen molar-refractivity contribution < 1.29 is 23.6 Å². The second-order valence-corrected chi connectivity index (χ2v) is 8.21. The predicted octanol–water partition coefficient (Wildman–Crippen LogP) is 3.34. The highest BCUT2D eigenvalue weighted by Crippen LogP contribution is 2.25. The number of amides is 3. The Labute approximate surface area is 195 Å². The van der Waals surface area contributed by atoms with E-state index in [-0.39, 0.29) is 43.1 Å². The summed E-state index contributed by atoms with van der Waals surface area (Å²) in [6.45, 7) is 2.51. The zero-order valence-corrected chi connectivity index (χ0v) is 19.0. The summed E-state index contributed by atoms with van der Waals surface area (Å²) in [5, 5.41) is 9.95. The number of carbonyl (C=O) groups excluding carboxylic acids is 3. The minimum Gasteiger partial charge on any atom is -0.376 e. The predicted molar refractivity (Wildman–Crippen MR) is 120 cm³/mol. The number of aryl methyl sites for hydroxylation is 1. The molecular weight excluding hydrogens is 459 g/mol. The van der Waals surface area contributed by atoms with E-state index >= 15 is 0 Å². The summed E-state index contributed by atoms with van der Waals surface area (Å²) in [6.07, 6.45) is 1.62. The molecule has 1 saturated heterocycles. The van der Waals surface area contributed by atoms with Gasteiger partial charge in [-0.25, -0.2) is 0 Å². The molecule has 1 aromatic carbocycles. The Morgan fingerprint density at radius 2 is 1.97 bits per heavy atom. The zero-order valence-electron chi connectivity index (χ0n) is 17.5. The molecule has 1 fully saturated rings. The van der Waals surface area contributed by atoms with Gasteiger partial charge in [0.25, 0.3) is 0 Å². The van der Waals surface area contributed by atoms with Crippen LogP contribution in [0.25, 0.3) is 0 Å². The number of rotatable bonds is 9. The topological polar surface area (TPSA) is 114 Å². The number of ether oxygens (including phenoxy) is 1. The Hall–Kier alpha value is -2.62. The van der Waals surface area contributed by atoms with Gasteiger partial charge in [0.05, 0.1) is 16.1 Å². The molecule has 0 bridgehead atoms. The summed E-state index contributed by atoms with van der Waals surface area (Å²) in [4.78, 5) is 38.7. The average Bonchev–Trinajstić information content (AvgIpc) is 3.43. The highest BCUT2D eigenvalue weighted by molar-refractivity contribution is 6.42. The molecule has 172 valence electrons. The van der Waals surface area contributed by atoms with Gasteiger partial charge in [-0.05, 0) is 38.0 Å². The van der Waals surface area contributed by atoms with Crippen molar-refractivity contribution in [3.05, 3.63) is 40.1 Å². The highest BCUT2D eigenvalue weighted by Gasteiger charge is 2.24. The molecule has 32 heavy (non-hydrogen) atoms. The van der Waals surface area contributed by atoms with E-state index in [1.165, 1.54) is 11.0 Å². The van der Waals surface area contributed by atoms with E-state index in [1.807, 2.05) is 0 Å². The smallest absolute Gasteiger partial charge is 0.240 e. The number of halogens is 2. The van der Waals surface area contributed by atoms with Crippen molar-refractivity contribution in [1.29, 1.82) is 0 Å². The quantitative estimate of drug-likeness (QED) is 0.566. The van der Waals surface area contributed by atoms with Crippen LogP contribution in [0, 0.1) is 6.92 Å². The van der Waals surface area contributed by atoms with Gasteiger partial charge in [0.1, 0.15) is 12.3 Å². The third kappa shape index (κ3) is 6.94. The molecular formula is C21H24Cl2N4O5. The second-order valence-electron chi connectivity index (χ2n) is 7.39. The van der Waals surface area contributed by atoms with Gasteiger partial charge >= 0.3 is 0 Å². The first kappa shape index (κ1) is 24.0. The van der Waals surface area contributed by atoms with Gasteiger partial charge in [-0.3, -0.25) is 19.3 Å². The van der Waals surface area contributed by atoms with Crippen molar-refractivity contribution in [2.45, 2.75) is 38.7 Å². The molecule has 1 aromatic heterocycles. The van der Waals surface area contributed by atoms with Crippen molar-refractivity contribution >= 4 is 52.4 Å². The van der Waals surface area contributed by atoms with Gasteiger partial charge in [-0.1, -0.05) is 28.4 Å². The lowest BCUT2D eigenvalue weighted by Gasteiger charge is -2.20. The molecule has 2 N–H and O–H groups in total. The zero-order chi connectivity index (χ0) is 23.1. The molecule has 3 amide bonds. The van der Waals surface area contributed by atoms with Gasteiger partial charge in [0.15, 0.2) is 5.82 Å². The first-order valence-electron chi connectivity index (χ1n) is 10.2. The highest BCUT2D eigenvalue weighted by atomic mass is 35.5. The molecule has 0 radical (unpaired) electrons. The van der Waals surface area contributed by atoms with Gasteiger partial charge in [0.2, 0.25) is 17.7 Å². The van der Waals surface area contributed by atoms with E-state index in [0.29, 0.717) is 34.6 Å². The molecule has 9 nitrogen and oxygen atoms in total. The maximum Gasteiger partial charge on any atom is 0.240 e. The van der Waals surface area contributed by atoms with Crippen LogP contribution in [-0.4, -0.2) is 48.7 Å². The lowest BCUT2D eigenvalue weighted by Crippen LogP contribution is -2.43. The normalized spacial score (nSPS) is 15.4. The summed E-state index contributed by atoms with van der Waals surface area (Å²) in [5.41, 5.74) is 0.467. The largest absolute Gasteiger partial charge is 0.376 e. The fraction of sp³-hybridized carbons (Fsp3) is 0.429. The van der Waals surface area contributed by atoms with Crippen LogP contribution in [0.1, 0.15) is 31.4 Å². The number of benzene rings is 1. The van der Waals surface area contributed by atoms with Crippen LogP contribution in [0.2, 0.25) is 10.0 Å². The van der Waals surface area contributed by atoms with Crippen LogP contribution < -0.4 is 15.5 Å². The molecule has 1 aliphatic heterocycles. The molecule has 2 aromatic rings. The third-order valence-corrected chi connectivity index (χ3v) is 5.55. The lowest BCUT2D eigenvalue weighted by atomic mass is 10.2. The van der Waals surface area contributed by atoms with E-state index < -0.39 is 5.91 Å². The standard InChI is InChI=1S/C21H24Cl2N4O5/c1-13-9-18(26-32-13)27(12-20(29)24-11-15-3-2-8-31-15)21(30)7-6-19(28)25-14-4-5-16(22)17(23)10-14/h4-5,9-10,15H,2-3,6-8,11-12H2,1H3,(H,24,29)(H,25,28)/t15-/m0/s1. The van der Waals surface area contributed by atoms with E-state index in [4.69, 9.17) is 32.5 Å². The van der Waals surface area contributed by atoms with Gasteiger partial charge in [-0.2, -0.15) is 0 Å². The fourth-order valence-corrected chi connectivity index (χ4v) is 3.46. The Morgan fingerprint density at radius 3 is 2.62 bits per heavy atom. The molecule has 0 saturated carbocycles. The van der Waals surface area contributed by atoms with E-state index in [9.17, 15) is 14.4 Å². The first-order chi connectivity index (χ1) is 15.3. The van der Waals surface area contributed by atoms with Crippen LogP contribution in [0.5, 0.6) is 0 Å². The summed E-state index contributed by atoms with van der Waals surface area (Å²) in [5.74, 6) is -0.458. The SMILES string of the molecule is Cc1cc(N(CC(=O)NC[C@@H]2CCCO2)C(=O)CCC(=O)Nc2ccc(Cl)c(Cl)c2)no1. The van der Waals surface area contributed by atoms with Crippen molar-refractivity contribution in [3.8, 4) is 0 Å². The second kappa shape index (κ2) is 11.3. The molecule has 1 aliphatic rings. The lowest BCUT2D eigenvalue weighted by molar-refractivity contribution is -0.125. The summed E-state index contributed by atoms with van der Waals surface area (Å²) >= 11 is 11.8. The Morgan fingerprint density at radius 1 is 1.16 bits per heavy atom. The van der Waals surface area contributed by atoms with E-state index in [1.54, 1.807) is 25.1 Å². The van der Waals surface area contributed by atoms with Crippen molar-refractivity contribution in [2.75, 3.05) is 29.9 Å². The fourth-order valence-electron chi connectivity index (χ4n) is 3.16. The number of carbonyl (C=O) groups is 3. The molecule has 0 unspecified atom stereocenters. The van der Waals surface area contributed by atoms with Crippen LogP contribution in [0.3, 0.4) is 0 Å². The molecule has 11 heteroatoms. The van der Waals surface area contributed by atoms with Crippen LogP contribution in [0.4, 0.5) is 11.5 Å². The molecule has 1 atom stereocenters. The van der Waals surface area contributed by atoms with E-state index in [0.717, 1.165) is 12.8 Å². The third-order valence-electron chi connectivity index (χ3n) is 4.82. The van der Waals surface area contributed by atoms with Crippen LogP contribution >= 0.6 is 23.2 Å². The van der Waals surface area contributed by atoms with Crippen molar-refractivity contribution in [3.63, 3.8) is 0 Å². The molecule has 3 rings (SSSR count). The Kier molecular flexibility index (Phi) is 8.49. The maximum absolute atomic E-state index is 12.8. The number of nitrogens with one attached hydrogen (secondary N) is 2. The number of aromatic nitrogens is 1. The number of hydrogen-bond donors (Lipinski definition) is 2. The average molecular weight is 483 g/mol. The summed E-state index contributed by atoms with van der Waals surface area (Å²) < 4.78 is 10.5. The first-order valence-corrected chi connectivity index (χ1v) is 10.9. The van der Waals surface area contributed by atoms with Gasteiger partial charge in [-0.15, -0.1) is 0 Å². The summed E-state index contributed by atoms with van der Waals surface area (Å²) in [7, 11) is 0. The van der Waals surface area contributed by atoms with Gasteiger partial charge in [0, 0.05) is 37.7 Å². The molecule has 2 heterocycles. The van der Waals surface area contributed by atoms with Crippen molar-refractivity contribution in [1.82, 2.24) is 10.5 Å². The number of hydrogen-bond acceptors (Lipinski definition) is 6. The minimum atomic E-state index is -0.435. The Balaban J connectivity index is 1.56. The summed E-state index contributed by atoms with van der Waals surface area (Å²) in [6, 6.07) is 6.25. The van der Waals surface area contributed by atoms with E-state index in [2.05, 4.69) is 15.8 Å². The monoisotopic (exact) mass is 482 g/mol. The molecule has 0 aliphatic carbocycles. The van der Waals surface area contributed by atoms with Crippen LogP contribution in [-0.2, 0) is 19.1 Å².